The number of aryl methyl sites for hydroxylation is 1. The van der Waals surface area contributed by atoms with Crippen LogP contribution in [0.4, 0.5) is 5.69 Å². The fourth-order valence-corrected chi connectivity index (χ4v) is 2.43. The van der Waals surface area contributed by atoms with Crippen molar-refractivity contribution < 1.29 is 9.59 Å². The molecule has 2 aliphatic rings. The summed E-state index contributed by atoms with van der Waals surface area (Å²) in [5, 5.41) is 2.89. The number of ketones is 1. The second kappa shape index (κ2) is 2.94. The first-order chi connectivity index (χ1) is 7.62. The number of anilines is 1. The Kier molecular flexibility index (Phi) is 1.76. The van der Waals surface area contributed by atoms with Crippen molar-refractivity contribution in [3.63, 3.8) is 0 Å². The van der Waals surface area contributed by atoms with Crippen LogP contribution in [0, 0.1) is 12.3 Å². The number of carbonyl (C=O) groups is 2. The smallest absolute Gasteiger partial charge is 0.231 e. The molecule has 1 N–H and O–H groups in total. The molecule has 16 heavy (non-hydrogen) atoms. The van der Waals surface area contributed by atoms with Crippen molar-refractivity contribution >= 4 is 17.4 Å². The molecule has 0 bridgehead atoms. The normalized spacial score (nSPS) is 21.3. The van der Waals surface area contributed by atoms with Gasteiger partial charge in [-0.3, -0.25) is 9.59 Å². The van der Waals surface area contributed by atoms with Crippen LogP contribution in [0.2, 0.25) is 0 Å². The molecule has 0 saturated heterocycles. The van der Waals surface area contributed by atoms with Crippen LogP contribution in [0.3, 0.4) is 0 Å². The number of benzene rings is 1. The van der Waals surface area contributed by atoms with E-state index in [4.69, 9.17) is 0 Å². The van der Waals surface area contributed by atoms with Gasteiger partial charge in [0, 0.05) is 12.0 Å². The molecule has 1 heterocycles. The number of amides is 1. The van der Waals surface area contributed by atoms with Crippen molar-refractivity contribution in [2.75, 3.05) is 5.32 Å². The molecule has 3 heteroatoms. The highest BCUT2D eigenvalue weighted by atomic mass is 16.2. The number of rotatable bonds is 0. The molecule has 1 amide bonds. The van der Waals surface area contributed by atoms with Gasteiger partial charge in [-0.05, 0) is 31.4 Å². The van der Waals surface area contributed by atoms with Crippen molar-refractivity contribution in [2.45, 2.75) is 26.2 Å². The zero-order chi connectivity index (χ0) is 11.3. The highest BCUT2D eigenvalue weighted by molar-refractivity contribution is 6.13. The lowest BCUT2D eigenvalue weighted by Crippen LogP contribution is -2.23. The zero-order valence-corrected chi connectivity index (χ0v) is 9.17. The highest BCUT2D eigenvalue weighted by Crippen LogP contribution is 2.52. The lowest BCUT2D eigenvalue weighted by Gasteiger charge is -2.08. The fraction of sp³-hybridized carbons (Fsp3) is 0.385. The fourth-order valence-electron chi connectivity index (χ4n) is 2.43. The van der Waals surface area contributed by atoms with Gasteiger partial charge in [-0.15, -0.1) is 0 Å². The van der Waals surface area contributed by atoms with Crippen molar-refractivity contribution in [3.8, 4) is 0 Å². The van der Waals surface area contributed by atoms with Gasteiger partial charge in [0.15, 0.2) is 5.78 Å². The Balaban J connectivity index is 2.14. The quantitative estimate of drug-likeness (QED) is 0.721. The van der Waals surface area contributed by atoms with Crippen LogP contribution in [0.1, 0.15) is 35.2 Å². The first kappa shape index (κ1) is 9.58. The Bertz CT molecular complexity index is 501. The first-order valence-electron chi connectivity index (χ1n) is 5.57. The molecule has 1 aliphatic heterocycles. The van der Waals surface area contributed by atoms with E-state index in [0.29, 0.717) is 17.7 Å². The molecule has 3 nitrogen and oxygen atoms in total. The molecule has 0 aromatic heterocycles. The van der Waals surface area contributed by atoms with Gasteiger partial charge in [-0.25, -0.2) is 0 Å². The molecule has 1 saturated carbocycles. The molecule has 3 rings (SSSR count). The molecule has 1 aliphatic carbocycles. The maximum Gasteiger partial charge on any atom is 0.231 e. The van der Waals surface area contributed by atoms with Gasteiger partial charge in [0.1, 0.15) is 0 Å². The average molecular weight is 215 g/mol. The Hall–Kier alpha value is -1.64. The molecule has 82 valence electrons. The van der Waals surface area contributed by atoms with Gasteiger partial charge < -0.3 is 5.32 Å². The summed E-state index contributed by atoms with van der Waals surface area (Å²) in [5.41, 5.74) is 1.93. The molecule has 1 aromatic rings. The maximum atomic E-state index is 12.1. The van der Waals surface area contributed by atoms with Crippen LogP contribution < -0.4 is 5.32 Å². The summed E-state index contributed by atoms with van der Waals surface area (Å²) >= 11 is 0. The standard InChI is InChI=1S/C13H13NO2/c1-8-3-2-4-9-11(8)10(15)7-13(5-6-13)12(16)14-9/h2-4H,5-7H2,1H3,(H,14,16). The summed E-state index contributed by atoms with van der Waals surface area (Å²) < 4.78 is 0. The minimum Gasteiger partial charge on any atom is -0.325 e. The predicted octanol–water partition coefficient (Wildman–Crippen LogP) is 2.30. The predicted molar refractivity (Wildman–Crippen MR) is 60.4 cm³/mol. The summed E-state index contributed by atoms with van der Waals surface area (Å²) in [4.78, 5) is 24.1. The van der Waals surface area contributed by atoms with E-state index in [1.165, 1.54) is 0 Å². The molecule has 1 fully saturated rings. The Morgan fingerprint density at radius 1 is 1.25 bits per heavy atom. The third-order valence-corrected chi connectivity index (χ3v) is 3.63. The number of hydrogen-bond acceptors (Lipinski definition) is 2. The summed E-state index contributed by atoms with van der Waals surface area (Å²) in [5.74, 6) is 0.120. The van der Waals surface area contributed by atoms with E-state index in [9.17, 15) is 9.59 Å². The molecular formula is C13H13NO2. The van der Waals surface area contributed by atoms with Gasteiger partial charge in [0.25, 0.3) is 0 Å². The molecule has 0 unspecified atom stereocenters. The number of carbonyl (C=O) groups excluding carboxylic acids is 2. The zero-order valence-electron chi connectivity index (χ0n) is 9.17. The number of hydrogen-bond donors (Lipinski definition) is 1. The van der Waals surface area contributed by atoms with Crippen LogP contribution >= 0.6 is 0 Å². The Morgan fingerprint density at radius 3 is 2.69 bits per heavy atom. The van der Waals surface area contributed by atoms with Crippen LogP contribution in [0.25, 0.3) is 0 Å². The number of nitrogens with one attached hydrogen (secondary N) is 1. The monoisotopic (exact) mass is 215 g/mol. The van der Waals surface area contributed by atoms with Crippen molar-refractivity contribution in [2.24, 2.45) is 5.41 Å². The maximum absolute atomic E-state index is 12.1. The second-order valence-corrected chi connectivity index (χ2v) is 4.83. The Morgan fingerprint density at radius 2 is 2.00 bits per heavy atom. The van der Waals surface area contributed by atoms with Crippen LogP contribution in [0.5, 0.6) is 0 Å². The van der Waals surface area contributed by atoms with E-state index in [-0.39, 0.29) is 17.1 Å². The molecule has 0 atom stereocenters. The van der Waals surface area contributed by atoms with Gasteiger partial charge in [0.2, 0.25) is 5.91 Å². The topological polar surface area (TPSA) is 46.2 Å². The van der Waals surface area contributed by atoms with Gasteiger partial charge in [-0.1, -0.05) is 12.1 Å². The molecule has 1 spiro atoms. The van der Waals surface area contributed by atoms with Crippen molar-refractivity contribution in [1.29, 1.82) is 0 Å². The highest BCUT2D eigenvalue weighted by Gasteiger charge is 2.52. The van der Waals surface area contributed by atoms with Crippen LogP contribution in [0.15, 0.2) is 18.2 Å². The summed E-state index contributed by atoms with van der Waals surface area (Å²) in [6, 6.07) is 5.58. The van der Waals surface area contributed by atoms with Crippen molar-refractivity contribution in [3.05, 3.63) is 29.3 Å². The third-order valence-electron chi connectivity index (χ3n) is 3.63. The van der Waals surface area contributed by atoms with E-state index in [2.05, 4.69) is 5.32 Å². The van der Waals surface area contributed by atoms with Gasteiger partial charge in [0.05, 0.1) is 11.1 Å². The lowest BCUT2D eigenvalue weighted by molar-refractivity contribution is -0.121. The SMILES string of the molecule is Cc1cccc2c1C(=O)CC1(CC1)C(=O)N2. The molecular weight excluding hydrogens is 202 g/mol. The van der Waals surface area contributed by atoms with E-state index in [1.54, 1.807) is 6.07 Å². The van der Waals surface area contributed by atoms with Crippen LogP contribution in [-0.4, -0.2) is 11.7 Å². The minimum absolute atomic E-state index is 0.0187. The van der Waals surface area contributed by atoms with Gasteiger partial charge in [-0.2, -0.15) is 0 Å². The van der Waals surface area contributed by atoms with Gasteiger partial charge >= 0.3 is 0 Å². The molecule has 1 aromatic carbocycles. The van der Waals surface area contributed by atoms with E-state index in [0.717, 1.165) is 18.4 Å². The summed E-state index contributed by atoms with van der Waals surface area (Å²) in [6.07, 6.45) is 2.06. The number of fused-ring (bicyclic) bond motifs is 1. The number of Topliss-reactive ketones (excluding diaryl/α,β-unsaturated/α-hetero) is 1. The van der Waals surface area contributed by atoms with E-state index >= 15 is 0 Å². The third kappa shape index (κ3) is 1.21. The minimum atomic E-state index is -0.386. The van der Waals surface area contributed by atoms with E-state index in [1.807, 2.05) is 19.1 Å². The van der Waals surface area contributed by atoms with E-state index < -0.39 is 0 Å². The van der Waals surface area contributed by atoms with Crippen molar-refractivity contribution in [1.82, 2.24) is 0 Å². The lowest BCUT2D eigenvalue weighted by atomic mass is 9.95. The average Bonchev–Trinajstić information content (AvgIpc) is 2.98. The summed E-state index contributed by atoms with van der Waals surface area (Å²) in [7, 11) is 0. The first-order valence-corrected chi connectivity index (χ1v) is 5.57. The second-order valence-electron chi connectivity index (χ2n) is 4.83. The van der Waals surface area contributed by atoms with Crippen LogP contribution in [-0.2, 0) is 4.79 Å². The summed E-state index contributed by atoms with van der Waals surface area (Å²) in [6.45, 7) is 1.91. The molecule has 0 radical (unpaired) electrons. The Labute approximate surface area is 93.8 Å². The largest absolute Gasteiger partial charge is 0.325 e.